The van der Waals surface area contributed by atoms with Gasteiger partial charge in [-0.15, -0.1) is 0 Å². The molecule has 1 fully saturated rings. The second kappa shape index (κ2) is 8.25. The molecule has 0 spiro atoms. The fourth-order valence-electron chi connectivity index (χ4n) is 2.80. The van der Waals surface area contributed by atoms with Crippen molar-refractivity contribution in [3.05, 3.63) is 23.8 Å². The van der Waals surface area contributed by atoms with Crippen LogP contribution in [0, 0.1) is 0 Å². The van der Waals surface area contributed by atoms with Crippen molar-refractivity contribution in [2.75, 3.05) is 32.8 Å². The highest BCUT2D eigenvalue weighted by Crippen LogP contribution is 2.31. The maximum absolute atomic E-state index is 10.5. The van der Waals surface area contributed by atoms with Gasteiger partial charge in [-0.1, -0.05) is 0 Å². The molecule has 1 heterocycles. The Morgan fingerprint density at radius 1 is 1.14 bits per heavy atom. The van der Waals surface area contributed by atoms with E-state index in [9.17, 15) is 5.11 Å². The number of nitrogens with zero attached hydrogens (tertiary/aromatic N) is 1. The van der Waals surface area contributed by atoms with E-state index in [1.807, 2.05) is 32.0 Å². The van der Waals surface area contributed by atoms with Crippen LogP contribution in [-0.2, 0) is 0 Å². The largest absolute Gasteiger partial charge is 0.494 e. The van der Waals surface area contributed by atoms with Crippen LogP contribution in [0.25, 0.3) is 0 Å². The van der Waals surface area contributed by atoms with Gasteiger partial charge < -0.3 is 19.5 Å². The Morgan fingerprint density at radius 3 is 2.52 bits per heavy atom. The van der Waals surface area contributed by atoms with Crippen molar-refractivity contribution in [1.82, 2.24) is 4.90 Å². The molecule has 1 unspecified atom stereocenters. The molecule has 0 radical (unpaired) electrons. The Bertz CT molecular complexity index is 430. The van der Waals surface area contributed by atoms with Crippen molar-refractivity contribution in [2.45, 2.75) is 39.2 Å². The molecular weight excluding hydrogens is 266 g/mol. The number of aliphatic hydroxyl groups is 1. The Morgan fingerprint density at radius 2 is 1.86 bits per heavy atom. The van der Waals surface area contributed by atoms with Crippen LogP contribution in [0.15, 0.2) is 18.2 Å². The first kappa shape index (κ1) is 16.1. The van der Waals surface area contributed by atoms with Gasteiger partial charge in [0.05, 0.1) is 19.3 Å². The molecule has 0 aliphatic carbocycles. The number of hydrogen-bond acceptors (Lipinski definition) is 4. The van der Waals surface area contributed by atoms with Crippen molar-refractivity contribution < 1.29 is 14.6 Å². The van der Waals surface area contributed by atoms with E-state index < -0.39 is 6.10 Å². The van der Waals surface area contributed by atoms with Gasteiger partial charge in [-0.3, -0.25) is 0 Å². The quantitative estimate of drug-likeness (QED) is 0.800. The fourth-order valence-corrected chi connectivity index (χ4v) is 2.80. The summed E-state index contributed by atoms with van der Waals surface area (Å²) >= 11 is 0. The van der Waals surface area contributed by atoms with Gasteiger partial charge in [0.15, 0.2) is 0 Å². The Hall–Kier alpha value is -1.26. The zero-order valence-electron chi connectivity index (χ0n) is 13.2. The number of likely N-dealkylation sites (tertiary alicyclic amines) is 1. The maximum Gasteiger partial charge on any atom is 0.125 e. The third-order valence-electron chi connectivity index (χ3n) is 3.87. The number of ether oxygens (including phenoxy) is 2. The minimum absolute atomic E-state index is 0.507. The molecule has 1 saturated heterocycles. The van der Waals surface area contributed by atoms with Crippen molar-refractivity contribution in [3.63, 3.8) is 0 Å². The van der Waals surface area contributed by atoms with E-state index in [0.717, 1.165) is 43.1 Å². The van der Waals surface area contributed by atoms with Crippen molar-refractivity contribution in [3.8, 4) is 11.5 Å². The molecule has 1 aliphatic rings. The zero-order valence-corrected chi connectivity index (χ0v) is 13.2. The predicted octanol–water partition coefficient (Wildman–Crippen LogP) is 3.00. The van der Waals surface area contributed by atoms with E-state index in [0.29, 0.717) is 13.2 Å². The van der Waals surface area contributed by atoms with Gasteiger partial charge in [0.2, 0.25) is 0 Å². The molecule has 118 valence electrons. The normalized spacial score (nSPS) is 16.9. The van der Waals surface area contributed by atoms with Gasteiger partial charge in [-0.25, -0.2) is 0 Å². The molecule has 0 saturated carbocycles. The molecule has 4 nitrogen and oxygen atoms in total. The third-order valence-corrected chi connectivity index (χ3v) is 3.87. The molecule has 0 amide bonds. The maximum atomic E-state index is 10.5. The highest BCUT2D eigenvalue weighted by molar-refractivity contribution is 5.41. The molecule has 1 aliphatic heterocycles. The Labute approximate surface area is 127 Å². The smallest absolute Gasteiger partial charge is 0.125 e. The number of hydrogen-bond donors (Lipinski definition) is 1. The number of benzene rings is 1. The molecule has 1 atom stereocenters. The minimum Gasteiger partial charge on any atom is -0.494 e. The number of aliphatic hydroxyl groups excluding tert-OH is 1. The van der Waals surface area contributed by atoms with Crippen LogP contribution in [0.5, 0.6) is 11.5 Å². The standard InChI is InChI=1S/C17H27NO3/c1-3-20-14-7-8-17(21-4-2)15(13-14)16(19)9-12-18-10-5-6-11-18/h7-8,13,16,19H,3-6,9-12H2,1-2H3. The van der Waals surface area contributed by atoms with Crippen molar-refractivity contribution in [1.29, 1.82) is 0 Å². The highest BCUT2D eigenvalue weighted by atomic mass is 16.5. The summed E-state index contributed by atoms with van der Waals surface area (Å²) in [6.45, 7) is 8.38. The average molecular weight is 293 g/mol. The topological polar surface area (TPSA) is 41.9 Å². The monoisotopic (exact) mass is 293 g/mol. The molecule has 1 aromatic rings. The Kier molecular flexibility index (Phi) is 6.33. The van der Waals surface area contributed by atoms with Crippen LogP contribution in [0.1, 0.15) is 44.8 Å². The summed E-state index contributed by atoms with van der Waals surface area (Å²) in [5, 5.41) is 10.5. The molecule has 0 bridgehead atoms. The van der Waals surface area contributed by atoms with Crippen LogP contribution in [0.4, 0.5) is 0 Å². The molecular formula is C17H27NO3. The fraction of sp³-hybridized carbons (Fsp3) is 0.647. The summed E-state index contributed by atoms with van der Waals surface area (Å²) < 4.78 is 11.2. The van der Waals surface area contributed by atoms with E-state index in [2.05, 4.69) is 4.90 Å². The second-order valence-corrected chi connectivity index (χ2v) is 5.42. The third kappa shape index (κ3) is 4.61. The lowest BCUT2D eigenvalue weighted by Gasteiger charge is -2.20. The second-order valence-electron chi connectivity index (χ2n) is 5.42. The summed E-state index contributed by atoms with van der Waals surface area (Å²) in [4.78, 5) is 2.41. The van der Waals surface area contributed by atoms with Gasteiger partial charge in [-0.2, -0.15) is 0 Å². The SMILES string of the molecule is CCOc1ccc(OCC)c(C(O)CCN2CCCC2)c1. The van der Waals surface area contributed by atoms with E-state index in [-0.39, 0.29) is 0 Å². The lowest BCUT2D eigenvalue weighted by Crippen LogP contribution is -2.22. The van der Waals surface area contributed by atoms with Crippen LogP contribution < -0.4 is 9.47 Å². The first-order valence-corrected chi connectivity index (χ1v) is 8.04. The van der Waals surface area contributed by atoms with Gasteiger partial charge in [0, 0.05) is 12.1 Å². The van der Waals surface area contributed by atoms with Crippen LogP contribution >= 0.6 is 0 Å². The molecule has 1 aromatic carbocycles. The van der Waals surface area contributed by atoms with E-state index in [1.54, 1.807) is 0 Å². The average Bonchev–Trinajstić information content (AvgIpc) is 3.00. The lowest BCUT2D eigenvalue weighted by atomic mass is 10.0. The van der Waals surface area contributed by atoms with E-state index >= 15 is 0 Å². The van der Waals surface area contributed by atoms with Crippen molar-refractivity contribution in [2.24, 2.45) is 0 Å². The highest BCUT2D eigenvalue weighted by Gasteiger charge is 2.18. The lowest BCUT2D eigenvalue weighted by molar-refractivity contribution is 0.144. The molecule has 1 N–H and O–H groups in total. The predicted molar refractivity (Wildman–Crippen MR) is 84.0 cm³/mol. The summed E-state index contributed by atoms with van der Waals surface area (Å²) in [6, 6.07) is 5.69. The van der Waals surface area contributed by atoms with E-state index in [4.69, 9.17) is 9.47 Å². The molecule has 0 aromatic heterocycles. The van der Waals surface area contributed by atoms with Gasteiger partial charge in [0.1, 0.15) is 11.5 Å². The summed E-state index contributed by atoms with van der Waals surface area (Å²) in [7, 11) is 0. The zero-order chi connectivity index (χ0) is 15.1. The van der Waals surface area contributed by atoms with Gasteiger partial charge >= 0.3 is 0 Å². The first-order valence-electron chi connectivity index (χ1n) is 8.04. The summed E-state index contributed by atoms with van der Waals surface area (Å²) in [6.07, 6.45) is 2.78. The minimum atomic E-state index is -0.507. The number of rotatable bonds is 8. The van der Waals surface area contributed by atoms with Crippen molar-refractivity contribution >= 4 is 0 Å². The van der Waals surface area contributed by atoms with Gasteiger partial charge in [-0.05, 0) is 64.4 Å². The Balaban J connectivity index is 2.04. The van der Waals surface area contributed by atoms with Gasteiger partial charge in [0.25, 0.3) is 0 Å². The van der Waals surface area contributed by atoms with E-state index in [1.165, 1.54) is 12.8 Å². The molecule has 2 rings (SSSR count). The van der Waals surface area contributed by atoms with Crippen LogP contribution in [0.2, 0.25) is 0 Å². The first-order chi connectivity index (χ1) is 10.2. The van der Waals surface area contributed by atoms with Crippen LogP contribution in [-0.4, -0.2) is 42.9 Å². The molecule has 4 heteroatoms. The van der Waals surface area contributed by atoms with Crippen LogP contribution in [0.3, 0.4) is 0 Å². The summed E-state index contributed by atoms with van der Waals surface area (Å²) in [5.41, 5.74) is 0.835. The summed E-state index contributed by atoms with van der Waals surface area (Å²) in [5.74, 6) is 1.55. The molecule has 21 heavy (non-hydrogen) atoms.